The maximum atomic E-state index is 11.8. The van der Waals surface area contributed by atoms with Crippen LogP contribution >= 0.6 is 35.8 Å². The Kier molecular flexibility index (Phi) is 6.71. The molecule has 0 aliphatic carbocycles. The standard InChI is InChI=1S/C14H15ClN4O2S.ClH/c15-10-3-1-9(2-4-10)13-18-12(21-19-13)5-6-16-14(20)11-7-22-8-17-11;/h1-4,11,17H,5-8H2,(H,16,20);1H. The minimum atomic E-state index is -0.0997. The zero-order valence-electron chi connectivity index (χ0n) is 12.1. The highest BCUT2D eigenvalue weighted by atomic mass is 35.5. The van der Waals surface area contributed by atoms with E-state index in [4.69, 9.17) is 16.1 Å². The van der Waals surface area contributed by atoms with Crippen molar-refractivity contribution in [3.8, 4) is 11.4 Å². The zero-order valence-corrected chi connectivity index (χ0v) is 14.5. The topological polar surface area (TPSA) is 80.1 Å². The lowest BCUT2D eigenvalue weighted by atomic mass is 10.2. The first-order valence-electron chi connectivity index (χ1n) is 6.90. The minimum absolute atomic E-state index is 0. The molecular weight excluding hydrogens is 359 g/mol. The number of hydrogen-bond acceptors (Lipinski definition) is 6. The number of aromatic nitrogens is 2. The van der Waals surface area contributed by atoms with Crippen molar-refractivity contribution in [3.05, 3.63) is 35.2 Å². The first-order valence-corrected chi connectivity index (χ1v) is 8.43. The summed E-state index contributed by atoms with van der Waals surface area (Å²) < 4.78 is 5.19. The van der Waals surface area contributed by atoms with Crippen molar-refractivity contribution in [2.24, 2.45) is 0 Å². The second-order valence-corrected chi connectivity index (χ2v) is 6.30. The number of nitrogens with zero attached hydrogens (tertiary/aromatic N) is 2. The highest BCUT2D eigenvalue weighted by Gasteiger charge is 2.22. The van der Waals surface area contributed by atoms with Crippen LogP contribution in [0, 0.1) is 0 Å². The highest BCUT2D eigenvalue weighted by Crippen LogP contribution is 2.18. The van der Waals surface area contributed by atoms with Crippen LogP contribution in [0.1, 0.15) is 5.89 Å². The molecule has 0 spiro atoms. The molecule has 1 atom stereocenters. The van der Waals surface area contributed by atoms with Crippen LogP contribution in [0.4, 0.5) is 0 Å². The summed E-state index contributed by atoms with van der Waals surface area (Å²) in [6.45, 7) is 0.476. The second-order valence-electron chi connectivity index (χ2n) is 4.83. The van der Waals surface area contributed by atoms with Gasteiger partial charge in [-0.2, -0.15) is 4.98 Å². The van der Waals surface area contributed by atoms with E-state index >= 15 is 0 Å². The van der Waals surface area contributed by atoms with Gasteiger partial charge >= 0.3 is 0 Å². The van der Waals surface area contributed by atoms with Crippen molar-refractivity contribution in [1.82, 2.24) is 20.8 Å². The van der Waals surface area contributed by atoms with Crippen molar-refractivity contribution in [2.75, 3.05) is 18.2 Å². The molecule has 23 heavy (non-hydrogen) atoms. The van der Waals surface area contributed by atoms with Crippen molar-refractivity contribution in [3.63, 3.8) is 0 Å². The number of nitrogens with one attached hydrogen (secondary N) is 2. The van der Waals surface area contributed by atoms with Crippen LogP contribution in [-0.4, -0.2) is 40.3 Å². The molecule has 6 nitrogen and oxygen atoms in total. The summed E-state index contributed by atoms with van der Waals surface area (Å²) in [5, 5.41) is 10.6. The van der Waals surface area contributed by atoms with Gasteiger partial charge in [0.15, 0.2) is 0 Å². The van der Waals surface area contributed by atoms with Gasteiger partial charge in [-0.25, -0.2) is 0 Å². The van der Waals surface area contributed by atoms with Crippen LogP contribution in [0.25, 0.3) is 11.4 Å². The van der Waals surface area contributed by atoms with E-state index < -0.39 is 0 Å². The molecule has 0 bridgehead atoms. The second kappa shape index (κ2) is 8.54. The number of thioether (sulfide) groups is 1. The Balaban J connectivity index is 0.00000192. The van der Waals surface area contributed by atoms with Gasteiger partial charge in [-0.3, -0.25) is 10.1 Å². The third-order valence-corrected chi connectivity index (χ3v) is 4.43. The summed E-state index contributed by atoms with van der Waals surface area (Å²) in [6.07, 6.45) is 0.506. The van der Waals surface area contributed by atoms with Gasteiger partial charge in [0.2, 0.25) is 17.6 Å². The number of carbonyl (C=O) groups is 1. The molecule has 124 valence electrons. The van der Waals surface area contributed by atoms with E-state index in [2.05, 4.69) is 20.8 Å². The van der Waals surface area contributed by atoms with Crippen LogP contribution in [0.5, 0.6) is 0 Å². The van der Waals surface area contributed by atoms with Crippen LogP contribution in [0.3, 0.4) is 0 Å². The molecule has 2 aromatic rings. The number of hydrogen-bond donors (Lipinski definition) is 2. The summed E-state index contributed by atoms with van der Waals surface area (Å²) in [5.74, 6) is 2.67. The van der Waals surface area contributed by atoms with E-state index in [9.17, 15) is 4.79 Å². The van der Waals surface area contributed by atoms with Crippen molar-refractivity contribution >= 4 is 41.7 Å². The van der Waals surface area contributed by atoms with E-state index in [0.717, 1.165) is 17.2 Å². The highest BCUT2D eigenvalue weighted by molar-refractivity contribution is 7.99. The summed E-state index contributed by atoms with van der Waals surface area (Å²) in [5.41, 5.74) is 0.843. The van der Waals surface area contributed by atoms with Crippen LogP contribution in [-0.2, 0) is 11.2 Å². The smallest absolute Gasteiger partial charge is 0.238 e. The van der Waals surface area contributed by atoms with Crippen LogP contribution in [0.2, 0.25) is 5.02 Å². The molecule has 1 fully saturated rings. The molecule has 1 aliphatic heterocycles. The molecule has 2 heterocycles. The summed E-state index contributed by atoms with van der Waals surface area (Å²) >= 11 is 7.57. The summed E-state index contributed by atoms with van der Waals surface area (Å²) in [4.78, 5) is 16.1. The van der Waals surface area contributed by atoms with Gasteiger partial charge in [-0.1, -0.05) is 16.8 Å². The van der Waals surface area contributed by atoms with Crippen LogP contribution < -0.4 is 10.6 Å². The van der Waals surface area contributed by atoms with E-state index in [1.54, 1.807) is 23.9 Å². The number of carbonyl (C=O) groups excluding carboxylic acids is 1. The molecule has 1 aromatic heterocycles. The monoisotopic (exact) mass is 374 g/mol. The van der Waals surface area contributed by atoms with Gasteiger partial charge in [0.05, 0.1) is 6.04 Å². The number of amides is 1. The molecule has 0 radical (unpaired) electrons. The van der Waals surface area contributed by atoms with Crippen LogP contribution in [0.15, 0.2) is 28.8 Å². The van der Waals surface area contributed by atoms with E-state index in [-0.39, 0.29) is 24.4 Å². The van der Waals surface area contributed by atoms with Gasteiger partial charge in [0.25, 0.3) is 0 Å². The molecule has 9 heteroatoms. The normalized spacial score (nSPS) is 16.8. The zero-order chi connectivity index (χ0) is 15.4. The maximum Gasteiger partial charge on any atom is 0.238 e. The molecule has 1 aliphatic rings. The quantitative estimate of drug-likeness (QED) is 0.834. The lowest BCUT2D eigenvalue weighted by Crippen LogP contribution is -2.42. The Hall–Kier alpha value is -1.28. The largest absolute Gasteiger partial charge is 0.354 e. The predicted octanol–water partition coefficient (Wildman–Crippen LogP) is 2.13. The molecular formula is C14H16Cl2N4O2S. The van der Waals surface area contributed by atoms with E-state index in [1.165, 1.54) is 0 Å². The molecule has 3 rings (SSSR count). The predicted molar refractivity (Wildman–Crippen MR) is 93.0 cm³/mol. The minimum Gasteiger partial charge on any atom is -0.354 e. The van der Waals surface area contributed by atoms with E-state index in [0.29, 0.717) is 29.7 Å². The first kappa shape index (κ1) is 18.1. The SMILES string of the molecule is Cl.O=C(NCCc1nc(-c2ccc(Cl)cc2)no1)C1CSCN1. The third-order valence-electron chi connectivity index (χ3n) is 3.24. The Morgan fingerprint density at radius 3 is 2.91 bits per heavy atom. The number of halogens is 2. The van der Waals surface area contributed by atoms with Gasteiger partial charge in [-0.05, 0) is 24.3 Å². The average Bonchev–Trinajstić information content (AvgIpc) is 3.19. The lowest BCUT2D eigenvalue weighted by Gasteiger charge is -2.08. The Morgan fingerprint density at radius 1 is 1.43 bits per heavy atom. The molecule has 2 N–H and O–H groups in total. The Bertz CT molecular complexity index is 644. The van der Waals surface area contributed by atoms with Gasteiger partial charge in [-0.15, -0.1) is 24.2 Å². The van der Waals surface area contributed by atoms with Gasteiger partial charge < -0.3 is 9.84 Å². The molecule has 1 aromatic carbocycles. The molecule has 1 saturated heterocycles. The van der Waals surface area contributed by atoms with Crippen molar-refractivity contribution < 1.29 is 9.32 Å². The third kappa shape index (κ3) is 4.84. The molecule has 1 amide bonds. The fourth-order valence-corrected chi connectivity index (χ4v) is 3.12. The first-order chi connectivity index (χ1) is 10.7. The van der Waals surface area contributed by atoms with E-state index in [1.807, 2.05) is 12.1 Å². The number of rotatable bonds is 5. The molecule has 1 unspecified atom stereocenters. The van der Waals surface area contributed by atoms with Gasteiger partial charge in [0, 0.05) is 35.2 Å². The fourth-order valence-electron chi connectivity index (χ4n) is 2.05. The fraction of sp³-hybridized carbons (Fsp3) is 0.357. The average molecular weight is 375 g/mol. The van der Waals surface area contributed by atoms with Crippen molar-refractivity contribution in [1.29, 1.82) is 0 Å². The molecule has 0 saturated carbocycles. The summed E-state index contributed by atoms with van der Waals surface area (Å²) in [7, 11) is 0. The number of benzene rings is 1. The Morgan fingerprint density at radius 2 is 2.22 bits per heavy atom. The lowest BCUT2D eigenvalue weighted by molar-refractivity contribution is -0.122. The Labute approximate surface area is 149 Å². The van der Waals surface area contributed by atoms with Gasteiger partial charge in [0.1, 0.15) is 0 Å². The maximum absolute atomic E-state index is 11.8. The summed E-state index contributed by atoms with van der Waals surface area (Å²) in [6, 6.07) is 7.13. The van der Waals surface area contributed by atoms with Crippen molar-refractivity contribution in [2.45, 2.75) is 12.5 Å².